The molecule has 0 fully saturated rings. The molecular weight excluding hydrogens is 292 g/mol. The van der Waals surface area contributed by atoms with Crippen molar-refractivity contribution in [1.29, 1.82) is 0 Å². The summed E-state index contributed by atoms with van der Waals surface area (Å²) in [6, 6.07) is 8.02. The third-order valence-corrected chi connectivity index (χ3v) is 4.34. The Bertz CT molecular complexity index is 541. The third-order valence-electron chi connectivity index (χ3n) is 3.25. The number of aliphatic hydroxyl groups excluding tert-OH is 1. The molecule has 0 spiro atoms. The van der Waals surface area contributed by atoms with Gasteiger partial charge in [0.15, 0.2) is 4.47 Å². The largest absolute Gasteiger partial charge is 0.387 e. The second kappa shape index (κ2) is 7.18. The number of hydrogen-bond donors (Lipinski definition) is 1. The highest BCUT2D eigenvalue weighted by Gasteiger charge is 2.13. The van der Waals surface area contributed by atoms with Gasteiger partial charge in [0, 0.05) is 24.2 Å². The van der Waals surface area contributed by atoms with Crippen LogP contribution in [-0.4, -0.2) is 28.1 Å². The van der Waals surface area contributed by atoms with Gasteiger partial charge in [-0.15, -0.1) is 11.3 Å². The van der Waals surface area contributed by atoms with Gasteiger partial charge < -0.3 is 5.11 Å². The Morgan fingerprint density at radius 2 is 2.05 bits per heavy atom. The molecule has 1 aromatic carbocycles. The Morgan fingerprint density at radius 1 is 1.35 bits per heavy atom. The van der Waals surface area contributed by atoms with E-state index in [0.29, 0.717) is 11.0 Å². The minimum atomic E-state index is -0.473. The van der Waals surface area contributed by atoms with Crippen LogP contribution in [0.5, 0.6) is 0 Å². The normalized spacial score (nSPS) is 12.8. The molecule has 0 aliphatic rings. The summed E-state index contributed by atoms with van der Waals surface area (Å²) in [6.07, 6.45) is 1.33. The molecule has 0 saturated heterocycles. The van der Waals surface area contributed by atoms with Crippen molar-refractivity contribution in [2.75, 3.05) is 13.1 Å². The first-order valence-electron chi connectivity index (χ1n) is 6.65. The van der Waals surface area contributed by atoms with Gasteiger partial charge in [0.25, 0.3) is 0 Å². The number of hydrogen-bond acceptors (Lipinski definition) is 4. The predicted molar refractivity (Wildman–Crippen MR) is 84.2 cm³/mol. The van der Waals surface area contributed by atoms with E-state index in [4.69, 9.17) is 11.6 Å². The second-order valence-corrected chi connectivity index (χ2v) is 6.53. The maximum Gasteiger partial charge on any atom is 0.183 e. The molecule has 1 atom stereocenters. The van der Waals surface area contributed by atoms with Crippen LogP contribution in [0.15, 0.2) is 30.5 Å². The zero-order valence-corrected chi connectivity index (χ0v) is 13.3. The van der Waals surface area contributed by atoms with Crippen LogP contribution in [0, 0.1) is 6.92 Å². The zero-order valence-electron chi connectivity index (χ0n) is 11.7. The van der Waals surface area contributed by atoms with E-state index >= 15 is 0 Å². The molecule has 108 valence electrons. The number of rotatable bonds is 6. The lowest BCUT2D eigenvalue weighted by atomic mass is 10.1. The highest BCUT2D eigenvalue weighted by Crippen LogP contribution is 2.21. The monoisotopic (exact) mass is 310 g/mol. The highest BCUT2D eigenvalue weighted by molar-refractivity contribution is 7.15. The Morgan fingerprint density at radius 3 is 2.60 bits per heavy atom. The predicted octanol–water partition coefficient (Wildman–Crippen LogP) is 3.66. The minimum Gasteiger partial charge on any atom is -0.387 e. The van der Waals surface area contributed by atoms with Crippen LogP contribution in [0.4, 0.5) is 0 Å². The van der Waals surface area contributed by atoms with Crippen LogP contribution in [0.1, 0.15) is 29.0 Å². The molecule has 1 N–H and O–H groups in total. The minimum absolute atomic E-state index is 0.473. The first kappa shape index (κ1) is 15.4. The van der Waals surface area contributed by atoms with Crippen molar-refractivity contribution in [3.63, 3.8) is 0 Å². The first-order valence-corrected chi connectivity index (χ1v) is 7.85. The molecule has 0 aliphatic heterocycles. The molecule has 1 aromatic heterocycles. The molecule has 0 amide bonds. The van der Waals surface area contributed by atoms with Gasteiger partial charge in [-0.2, -0.15) is 0 Å². The number of halogens is 1. The van der Waals surface area contributed by atoms with Crippen molar-refractivity contribution in [3.05, 3.63) is 50.9 Å². The third kappa shape index (κ3) is 4.28. The van der Waals surface area contributed by atoms with Gasteiger partial charge in [0.1, 0.15) is 0 Å². The molecule has 2 aromatic rings. The summed E-state index contributed by atoms with van der Waals surface area (Å²) in [7, 11) is 0. The standard InChI is InChI=1S/C15H19ClN2OS/c1-3-18(9-13-8-17-15(16)20-13)10-14(19)12-6-4-11(2)5-7-12/h4-8,14,19H,3,9-10H2,1-2H3. The Hall–Kier alpha value is -0.940. The Balaban J connectivity index is 1.96. The van der Waals surface area contributed by atoms with Gasteiger partial charge in [0.05, 0.1) is 6.10 Å². The summed E-state index contributed by atoms with van der Waals surface area (Å²) in [4.78, 5) is 7.35. The number of nitrogens with zero attached hydrogens (tertiary/aromatic N) is 2. The summed E-state index contributed by atoms with van der Waals surface area (Å²) in [5.74, 6) is 0. The molecular formula is C15H19ClN2OS. The molecule has 1 unspecified atom stereocenters. The van der Waals surface area contributed by atoms with Crippen LogP contribution in [0.2, 0.25) is 4.47 Å². The maximum absolute atomic E-state index is 10.3. The second-order valence-electron chi connectivity index (χ2n) is 4.83. The number of benzene rings is 1. The lowest BCUT2D eigenvalue weighted by molar-refractivity contribution is 0.113. The van der Waals surface area contributed by atoms with Gasteiger partial charge in [-0.05, 0) is 19.0 Å². The topological polar surface area (TPSA) is 36.4 Å². The van der Waals surface area contributed by atoms with E-state index in [1.807, 2.05) is 31.2 Å². The van der Waals surface area contributed by atoms with Crippen molar-refractivity contribution in [2.45, 2.75) is 26.5 Å². The van der Waals surface area contributed by atoms with E-state index in [2.05, 4.69) is 16.8 Å². The highest BCUT2D eigenvalue weighted by atomic mass is 35.5. The zero-order chi connectivity index (χ0) is 14.5. The van der Waals surface area contributed by atoms with Crippen molar-refractivity contribution in [3.8, 4) is 0 Å². The Kier molecular flexibility index (Phi) is 5.54. The molecule has 1 heterocycles. The quantitative estimate of drug-likeness (QED) is 0.884. The van der Waals surface area contributed by atoms with Crippen LogP contribution in [-0.2, 0) is 6.54 Å². The van der Waals surface area contributed by atoms with Crippen LogP contribution < -0.4 is 0 Å². The molecule has 0 radical (unpaired) electrons. The van der Waals surface area contributed by atoms with Crippen LogP contribution in [0.25, 0.3) is 0 Å². The molecule has 0 bridgehead atoms. The van der Waals surface area contributed by atoms with E-state index in [1.54, 1.807) is 6.20 Å². The van der Waals surface area contributed by atoms with Gasteiger partial charge in [-0.25, -0.2) is 4.98 Å². The van der Waals surface area contributed by atoms with Gasteiger partial charge in [0.2, 0.25) is 0 Å². The average molecular weight is 311 g/mol. The molecule has 0 aliphatic carbocycles. The average Bonchev–Trinajstić information content (AvgIpc) is 2.84. The van der Waals surface area contributed by atoms with Crippen molar-refractivity contribution < 1.29 is 5.11 Å². The van der Waals surface area contributed by atoms with Crippen molar-refractivity contribution >= 4 is 22.9 Å². The Labute approximate surface area is 128 Å². The number of aliphatic hydroxyl groups is 1. The van der Waals surface area contributed by atoms with E-state index < -0.39 is 6.10 Å². The summed E-state index contributed by atoms with van der Waals surface area (Å²) in [6.45, 7) is 6.38. The van der Waals surface area contributed by atoms with Gasteiger partial charge in [-0.1, -0.05) is 48.4 Å². The van der Waals surface area contributed by atoms with Gasteiger partial charge >= 0.3 is 0 Å². The van der Waals surface area contributed by atoms with E-state index in [0.717, 1.165) is 23.5 Å². The number of thiazole rings is 1. The van der Waals surface area contributed by atoms with E-state index in [9.17, 15) is 5.11 Å². The fourth-order valence-electron chi connectivity index (χ4n) is 2.02. The number of aromatic nitrogens is 1. The van der Waals surface area contributed by atoms with Gasteiger partial charge in [-0.3, -0.25) is 4.90 Å². The molecule has 20 heavy (non-hydrogen) atoms. The summed E-state index contributed by atoms with van der Waals surface area (Å²) in [5.41, 5.74) is 2.16. The summed E-state index contributed by atoms with van der Waals surface area (Å²) in [5, 5.41) is 10.3. The molecule has 2 rings (SSSR count). The van der Waals surface area contributed by atoms with Crippen molar-refractivity contribution in [1.82, 2.24) is 9.88 Å². The summed E-state index contributed by atoms with van der Waals surface area (Å²) >= 11 is 7.33. The molecule has 5 heteroatoms. The van der Waals surface area contributed by atoms with Crippen LogP contribution in [0.3, 0.4) is 0 Å². The van der Waals surface area contributed by atoms with Crippen LogP contribution >= 0.6 is 22.9 Å². The SMILES string of the molecule is CCN(Cc1cnc(Cl)s1)CC(O)c1ccc(C)cc1. The smallest absolute Gasteiger partial charge is 0.183 e. The number of likely N-dealkylation sites (N-methyl/N-ethyl adjacent to an activating group) is 1. The van der Waals surface area contributed by atoms with E-state index in [-0.39, 0.29) is 0 Å². The molecule has 3 nitrogen and oxygen atoms in total. The first-order chi connectivity index (χ1) is 9.58. The summed E-state index contributed by atoms with van der Waals surface area (Å²) < 4.78 is 0.565. The maximum atomic E-state index is 10.3. The number of aryl methyl sites for hydroxylation is 1. The van der Waals surface area contributed by atoms with E-state index in [1.165, 1.54) is 16.9 Å². The fourth-order valence-corrected chi connectivity index (χ4v) is 3.04. The molecule has 0 saturated carbocycles. The lowest BCUT2D eigenvalue weighted by Gasteiger charge is -2.23. The lowest BCUT2D eigenvalue weighted by Crippen LogP contribution is -2.27. The van der Waals surface area contributed by atoms with Crippen molar-refractivity contribution in [2.24, 2.45) is 0 Å². The fraction of sp³-hybridized carbons (Fsp3) is 0.400.